The Kier molecular flexibility index (Phi) is 31.0. The first-order valence-corrected chi connectivity index (χ1v) is 10.2. The predicted molar refractivity (Wildman–Crippen MR) is 99.7 cm³/mol. The van der Waals surface area contributed by atoms with Gasteiger partial charge in [0.2, 0.25) is 0 Å². The molecule has 0 fully saturated rings. The van der Waals surface area contributed by atoms with Crippen molar-refractivity contribution in [3.8, 4) is 0 Å². The van der Waals surface area contributed by atoms with Crippen LogP contribution in [0.5, 0.6) is 0 Å². The second kappa shape index (κ2) is 21.1. The van der Waals surface area contributed by atoms with Crippen LogP contribution in [0.1, 0.15) is 81.1 Å². The van der Waals surface area contributed by atoms with E-state index in [-0.39, 0.29) is 61.6 Å². The average molecular weight is 466 g/mol. The van der Waals surface area contributed by atoms with Crippen molar-refractivity contribution in [2.45, 2.75) is 105 Å². The van der Waals surface area contributed by atoms with Crippen LogP contribution in [0.3, 0.4) is 0 Å². The molecular formula is C16H42O7SiZr. The second-order valence-electron chi connectivity index (χ2n) is 5.79. The van der Waals surface area contributed by atoms with Crippen LogP contribution in [0.4, 0.5) is 0 Å². The molecule has 0 aromatic heterocycles. The molecule has 0 aliphatic rings. The molecule has 0 aliphatic carbocycles. The summed E-state index contributed by atoms with van der Waals surface area (Å²) in [6, 6.07) is 0. The Morgan fingerprint density at radius 1 is 0.680 bits per heavy atom. The summed E-state index contributed by atoms with van der Waals surface area (Å²) < 4.78 is 16.7. The first-order valence-electron chi connectivity index (χ1n) is 8.57. The van der Waals surface area contributed by atoms with Gasteiger partial charge in [0.15, 0.2) is 0 Å². The quantitative estimate of drug-likeness (QED) is 0.476. The fourth-order valence-corrected chi connectivity index (χ4v) is 3.29. The molecule has 156 valence electrons. The molecule has 0 amide bonds. The fourth-order valence-electron chi connectivity index (χ4n) is 1.10. The summed E-state index contributed by atoms with van der Waals surface area (Å²) in [6.45, 7) is 15.5. The molecule has 0 saturated carbocycles. The van der Waals surface area contributed by atoms with Crippen LogP contribution < -0.4 is 0 Å². The zero-order valence-electron chi connectivity index (χ0n) is 17.3. The van der Waals surface area contributed by atoms with Gasteiger partial charge in [-0.05, 0) is 53.4 Å². The topological polar surface area (TPSA) is 131 Å². The standard InChI is InChI=1S/C12H28O4Si.C4H10O.2H2O.Zr/c1-7-10(4)14-17(13,15-11(5)8-2)16-12(6)9-3;1-3-4(2)5;;;/h10-13H,7-9H2,1-6H3;4-5H,3H2,1-2H3;2*1H2;. The van der Waals surface area contributed by atoms with E-state index in [1.165, 1.54) is 0 Å². The van der Waals surface area contributed by atoms with E-state index in [0.717, 1.165) is 25.7 Å². The molecule has 0 rings (SSSR count). The average Bonchev–Trinajstić information content (AvgIpc) is 2.46. The first kappa shape index (κ1) is 36.7. The maximum absolute atomic E-state index is 10.4. The van der Waals surface area contributed by atoms with Gasteiger partial charge < -0.3 is 34.1 Å². The number of aliphatic hydroxyl groups excluding tert-OH is 1. The summed E-state index contributed by atoms with van der Waals surface area (Å²) in [5.74, 6) is 0. The van der Waals surface area contributed by atoms with Crippen molar-refractivity contribution < 1.29 is 60.3 Å². The van der Waals surface area contributed by atoms with E-state index in [2.05, 4.69) is 0 Å². The van der Waals surface area contributed by atoms with Gasteiger partial charge in [-0.25, -0.2) is 0 Å². The van der Waals surface area contributed by atoms with E-state index in [4.69, 9.17) is 18.4 Å². The Bertz CT molecular complexity index is 229. The Morgan fingerprint density at radius 3 is 1.00 bits per heavy atom. The van der Waals surface area contributed by atoms with Gasteiger partial charge in [-0.1, -0.05) is 27.7 Å². The van der Waals surface area contributed by atoms with Crippen LogP contribution in [0.15, 0.2) is 0 Å². The summed E-state index contributed by atoms with van der Waals surface area (Å²) >= 11 is 0. The Morgan fingerprint density at radius 2 is 0.880 bits per heavy atom. The Labute approximate surface area is 174 Å². The molecule has 0 heterocycles. The largest absolute Gasteiger partial charge is 0.677 e. The fraction of sp³-hybridized carbons (Fsp3) is 1.00. The minimum atomic E-state index is -3.50. The third-order valence-corrected chi connectivity index (χ3v) is 5.47. The maximum atomic E-state index is 10.4. The predicted octanol–water partition coefficient (Wildman–Crippen LogP) is 1.98. The van der Waals surface area contributed by atoms with E-state index >= 15 is 0 Å². The van der Waals surface area contributed by atoms with Gasteiger partial charge >= 0.3 is 9.05 Å². The van der Waals surface area contributed by atoms with Crippen molar-refractivity contribution >= 4 is 9.05 Å². The molecular weight excluding hydrogens is 423 g/mol. The van der Waals surface area contributed by atoms with E-state index in [0.29, 0.717) is 0 Å². The number of aliphatic hydroxyl groups is 1. The van der Waals surface area contributed by atoms with Crippen LogP contribution in [-0.4, -0.2) is 54.3 Å². The van der Waals surface area contributed by atoms with E-state index in [1.807, 2.05) is 48.5 Å². The van der Waals surface area contributed by atoms with Gasteiger partial charge in [0.05, 0.1) is 6.10 Å². The van der Waals surface area contributed by atoms with E-state index in [1.54, 1.807) is 6.92 Å². The molecule has 9 heteroatoms. The summed E-state index contributed by atoms with van der Waals surface area (Å²) in [5, 5.41) is 8.36. The van der Waals surface area contributed by atoms with Crippen molar-refractivity contribution in [3.05, 3.63) is 0 Å². The van der Waals surface area contributed by atoms with Gasteiger partial charge in [0.1, 0.15) is 0 Å². The zero-order chi connectivity index (χ0) is 17.8. The minimum absolute atomic E-state index is 0. The van der Waals surface area contributed by atoms with E-state index in [9.17, 15) is 4.80 Å². The molecule has 4 atom stereocenters. The molecule has 4 unspecified atom stereocenters. The third kappa shape index (κ3) is 22.8. The van der Waals surface area contributed by atoms with Gasteiger partial charge in [-0.3, -0.25) is 0 Å². The molecule has 25 heavy (non-hydrogen) atoms. The SMILES string of the molecule is CCC(C)O.CCC(C)O[Si](O)(OC(C)CC)OC(C)CC.O.O.[Zr]. The van der Waals surface area contributed by atoms with Crippen molar-refractivity contribution in [1.29, 1.82) is 0 Å². The van der Waals surface area contributed by atoms with Crippen LogP contribution >= 0.6 is 0 Å². The van der Waals surface area contributed by atoms with Crippen molar-refractivity contribution in [1.82, 2.24) is 0 Å². The van der Waals surface area contributed by atoms with Gasteiger partial charge in [0.25, 0.3) is 0 Å². The molecule has 0 aromatic carbocycles. The molecule has 0 bridgehead atoms. The summed E-state index contributed by atoms with van der Waals surface area (Å²) in [4.78, 5) is 10.4. The number of hydrogen-bond donors (Lipinski definition) is 2. The molecule has 0 spiro atoms. The minimum Gasteiger partial charge on any atom is -0.412 e. The third-order valence-electron chi connectivity index (χ3n) is 3.37. The smallest absolute Gasteiger partial charge is 0.412 e. The zero-order valence-corrected chi connectivity index (χ0v) is 20.7. The van der Waals surface area contributed by atoms with Crippen molar-refractivity contribution in [2.24, 2.45) is 0 Å². The van der Waals surface area contributed by atoms with E-state index < -0.39 is 9.05 Å². The molecule has 0 radical (unpaired) electrons. The molecule has 0 aliphatic heterocycles. The summed E-state index contributed by atoms with van der Waals surface area (Å²) in [7, 11) is -3.50. The molecule has 0 saturated heterocycles. The number of hydrogen-bond acceptors (Lipinski definition) is 5. The molecule has 0 aromatic rings. The van der Waals surface area contributed by atoms with Gasteiger partial charge in [-0.2, -0.15) is 0 Å². The van der Waals surface area contributed by atoms with Gasteiger partial charge in [-0.15, -0.1) is 0 Å². The van der Waals surface area contributed by atoms with Crippen LogP contribution in [0.2, 0.25) is 0 Å². The van der Waals surface area contributed by atoms with Crippen LogP contribution in [-0.2, 0) is 39.5 Å². The Balaban J connectivity index is -0.000000147. The first-order chi connectivity index (χ1) is 10.1. The molecule has 7 nitrogen and oxygen atoms in total. The Hall–Kier alpha value is 0.820. The van der Waals surface area contributed by atoms with Crippen molar-refractivity contribution in [2.75, 3.05) is 0 Å². The number of rotatable bonds is 10. The van der Waals surface area contributed by atoms with Crippen molar-refractivity contribution in [3.63, 3.8) is 0 Å². The molecule has 6 N–H and O–H groups in total. The van der Waals surface area contributed by atoms with Crippen LogP contribution in [0, 0.1) is 0 Å². The second-order valence-corrected chi connectivity index (χ2v) is 7.55. The normalized spacial score (nSPS) is 17.0. The summed E-state index contributed by atoms with van der Waals surface area (Å²) in [5.41, 5.74) is 0. The van der Waals surface area contributed by atoms with Gasteiger partial charge in [0, 0.05) is 44.5 Å². The van der Waals surface area contributed by atoms with Crippen LogP contribution in [0.25, 0.3) is 0 Å². The summed E-state index contributed by atoms with van der Waals surface area (Å²) in [6.07, 6.45) is 3.05. The maximum Gasteiger partial charge on any atom is 0.677 e. The monoisotopic (exact) mass is 464 g/mol.